The molecule has 2 atom stereocenters. The maximum atomic E-state index is 14.2. The van der Waals surface area contributed by atoms with Crippen molar-refractivity contribution < 1.29 is 19.1 Å². The Hall–Kier alpha value is -3.35. The standard InChI is InChI=1S/C30H43N3O4/c1-7-8-15-20-31-27(34)26(24-18-13-10-14-19-24)33(22(2)3)28(35)25(21-23-16-11-9-12-17-23)32-29(36)37-30(4,5)6/h9-14,16-19,22,25-26H,7-8,15,20-21H2,1-6H3,(H,31,34)(H,32,36). The van der Waals surface area contributed by atoms with E-state index in [9.17, 15) is 14.4 Å². The van der Waals surface area contributed by atoms with Crippen molar-refractivity contribution in [3.05, 3.63) is 71.8 Å². The average molecular weight is 510 g/mol. The minimum Gasteiger partial charge on any atom is -0.444 e. The Morgan fingerprint density at radius 1 is 0.919 bits per heavy atom. The summed E-state index contributed by atoms with van der Waals surface area (Å²) in [6, 6.07) is 16.7. The number of unbranched alkanes of at least 4 members (excludes halogenated alkanes) is 2. The van der Waals surface area contributed by atoms with Crippen LogP contribution in [0.25, 0.3) is 0 Å². The summed E-state index contributed by atoms with van der Waals surface area (Å²) in [5, 5.41) is 5.80. The summed E-state index contributed by atoms with van der Waals surface area (Å²) in [6.45, 7) is 11.7. The summed E-state index contributed by atoms with van der Waals surface area (Å²) < 4.78 is 5.46. The Balaban J connectivity index is 2.43. The van der Waals surface area contributed by atoms with Crippen LogP contribution in [0.3, 0.4) is 0 Å². The van der Waals surface area contributed by atoms with Gasteiger partial charge in [0.25, 0.3) is 0 Å². The number of nitrogens with one attached hydrogen (secondary N) is 2. The Bertz CT molecular complexity index is 987. The second-order valence-electron chi connectivity index (χ2n) is 10.5. The van der Waals surface area contributed by atoms with Gasteiger partial charge in [-0.2, -0.15) is 0 Å². The van der Waals surface area contributed by atoms with Crippen LogP contribution in [-0.2, 0) is 20.7 Å². The third kappa shape index (κ3) is 9.90. The van der Waals surface area contributed by atoms with Gasteiger partial charge in [-0.05, 0) is 52.2 Å². The molecule has 2 rings (SSSR count). The van der Waals surface area contributed by atoms with Gasteiger partial charge in [-0.3, -0.25) is 9.59 Å². The number of rotatable bonds is 12. The van der Waals surface area contributed by atoms with Crippen LogP contribution in [0.5, 0.6) is 0 Å². The topological polar surface area (TPSA) is 87.7 Å². The highest BCUT2D eigenvalue weighted by Crippen LogP contribution is 2.25. The number of carbonyl (C=O) groups excluding carboxylic acids is 3. The minimum absolute atomic E-state index is 0.236. The molecule has 0 radical (unpaired) electrons. The van der Waals surface area contributed by atoms with E-state index in [1.807, 2.05) is 74.5 Å². The van der Waals surface area contributed by atoms with E-state index in [-0.39, 0.29) is 24.3 Å². The fraction of sp³-hybridized carbons (Fsp3) is 0.500. The van der Waals surface area contributed by atoms with Gasteiger partial charge in [0.05, 0.1) is 0 Å². The Morgan fingerprint density at radius 3 is 2.05 bits per heavy atom. The van der Waals surface area contributed by atoms with Crippen LogP contribution in [0, 0.1) is 0 Å². The number of hydrogen-bond acceptors (Lipinski definition) is 4. The van der Waals surface area contributed by atoms with Crippen LogP contribution in [0.4, 0.5) is 4.79 Å². The molecule has 0 aromatic heterocycles. The van der Waals surface area contributed by atoms with E-state index in [4.69, 9.17) is 4.74 Å². The first-order chi connectivity index (χ1) is 17.5. The van der Waals surface area contributed by atoms with Gasteiger partial charge in [-0.1, -0.05) is 80.4 Å². The van der Waals surface area contributed by atoms with Gasteiger partial charge >= 0.3 is 6.09 Å². The van der Waals surface area contributed by atoms with Crippen LogP contribution in [-0.4, -0.2) is 47.0 Å². The van der Waals surface area contributed by atoms with E-state index in [0.29, 0.717) is 12.1 Å². The molecule has 2 aromatic carbocycles. The molecule has 0 saturated heterocycles. The van der Waals surface area contributed by atoms with E-state index in [1.165, 1.54) is 0 Å². The lowest BCUT2D eigenvalue weighted by molar-refractivity contribution is -0.144. The van der Waals surface area contributed by atoms with Crippen LogP contribution in [0.1, 0.15) is 78.0 Å². The normalized spacial score (nSPS) is 12.9. The maximum Gasteiger partial charge on any atom is 0.408 e. The zero-order chi connectivity index (χ0) is 27.4. The first-order valence-electron chi connectivity index (χ1n) is 13.2. The van der Waals surface area contributed by atoms with E-state index in [1.54, 1.807) is 25.7 Å². The summed E-state index contributed by atoms with van der Waals surface area (Å²) in [5.41, 5.74) is 0.891. The van der Waals surface area contributed by atoms with Crippen molar-refractivity contribution in [1.82, 2.24) is 15.5 Å². The quantitative estimate of drug-likeness (QED) is 0.375. The first-order valence-corrected chi connectivity index (χ1v) is 13.2. The predicted octanol–water partition coefficient (Wildman–Crippen LogP) is 5.41. The molecule has 0 aliphatic heterocycles. The monoisotopic (exact) mass is 509 g/mol. The number of ether oxygens (including phenoxy) is 1. The molecule has 7 heteroatoms. The minimum atomic E-state index is -0.918. The van der Waals surface area contributed by atoms with Gasteiger partial charge in [0.15, 0.2) is 0 Å². The fourth-order valence-electron chi connectivity index (χ4n) is 4.12. The van der Waals surface area contributed by atoms with Crippen LogP contribution >= 0.6 is 0 Å². The van der Waals surface area contributed by atoms with Crippen LogP contribution < -0.4 is 10.6 Å². The molecule has 0 heterocycles. The van der Waals surface area contributed by atoms with Gasteiger partial charge in [0, 0.05) is 19.0 Å². The fourth-order valence-corrected chi connectivity index (χ4v) is 4.12. The van der Waals surface area contributed by atoms with Gasteiger partial charge in [0.1, 0.15) is 17.7 Å². The zero-order valence-electron chi connectivity index (χ0n) is 23.1. The molecule has 0 fully saturated rings. The molecule has 2 aromatic rings. The third-order valence-corrected chi connectivity index (χ3v) is 5.80. The van der Waals surface area contributed by atoms with Gasteiger partial charge in [-0.15, -0.1) is 0 Å². The number of benzene rings is 2. The largest absolute Gasteiger partial charge is 0.444 e. The number of nitrogens with zero attached hydrogens (tertiary/aromatic N) is 1. The number of amides is 3. The molecule has 2 unspecified atom stereocenters. The number of alkyl carbamates (subject to hydrolysis) is 1. The molecule has 0 aliphatic rings. The summed E-state index contributed by atoms with van der Waals surface area (Å²) in [4.78, 5) is 42.0. The van der Waals surface area contributed by atoms with Gasteiger partial charge in [0.2, 0.25) is 11.8 Å². The zero-order valence-corrected chi connectivity index (χ0v) is 23.1. The Kier molecular flexibility index (Phi) is 11.6. The van der Waals surface area contributed by atoms with Crippen molar-refractivity contribution in [1.29, 1.82) is 0 Å². The van der Waals surface area contributed by atoms with Crippen molar-refractivity contribution in [2.24, 2.45) is 0 Å². The summed E-state index contributed by atoms with van der Waals surface area (Å²) in [6.07, 6.45) is 2.53. The summed E-state index contributed by atoms with van der Waals surface area (Å²) >= 11 is 0. The predicted molar refractivity (Wildman–Crippen MR) is 147 cm³/mol. The smallest absolute Gasteiger partial charge is 0.408 e. The Labute approximate surface area is 222 Å². The molecule has 0 bridgehead atoms. The summed E-state index contributed by atoms with van der Waals surface area (Å²) in [5.74, 6) is -0.581. The van der Waals surface area contributed by atoms with E-state index in [2.05, 4.69) is 17.6 Å². The number of carbonyl (C=O) groups is 3. The first kappa shape index (κ1) is 29.9. The molecular weight excluding hydrogens is 466 g/mol. The van der Waals surface area contributed by atoms with Crippen molar-refractivity contribution in [2.45, 2.75) is 91.0 Å². The highest BCUT2D eigenvalue weighted by Gasteiger charge is 2.37. The lowest BCUT2D eigenvalue weighted by Crippen LogP contribution is -2.55. The van der Waals surface area contributed by atoms with Crippen molar-refractivity contribution in [2.75, 3.05) is 6.54 Å². The second kappa shape index (κ2) is 14.4. The molecule has 202 valence electrons. The molecule has 2 N–H and O–H groups in total. The second-order valence-corrected chi connectivity index (χ2v) is 10.5. The molecule has 7 nitrogen and oxygen atoms in total. The molecule has 3 amide bonds. The Morgan fingerprint density at radius 2 is 1.51 bits per heavy atom. The van der Waals surface area contributed by atoms with Crippen molar-refractivity contribution in [3.8, 4) is 0 Å². The van der Waals surface area contributed by atoms with Crippen LogP contribution in [0.2, 0.25) is 0 Å². The van der Waals surface area contributed by atoms with Gasteiger partial charge < -0.3 is 20.3 Å². The molecule has 37 heavy (non-hydrogen) atoms. The molecular formula is C30H43N3O4. The van der Waals surface area contributed by atoms with Gasteiger partial charge in [-0.25, -0.2) is 4.79 Å². The lowest BCUT2D eigenvalue weighted by Gasteiger charge is -2.37. The lowest BCUT2D eigenvalue weighted by atomic mass is 9.99. The molecule has 0 saturated carbocycles. The third-order valence-electron chi connectivity index (χ3n) is 5.80. The van der Waals surface area contributed by atoms with E-state index >= 15 is 0 Å². The molecule has 0 spiro atoms. The highest BCUT2D eigenvalue weighted by atomic mass is 16.6. The van der Waals surface area contributed by atoms with E-state index in [0.717, 1.165) is 24.8 Å². The van der Waals surface area contributed by atoms with Crippen molar-refractivity contribution in [3.63, 3.8) is 0 Å². The molecule has 0 aliphatic carbocycles. The number of hydrogen-bond donors (Lipinski definition) is 2. The van der Waals surface area contributed by atoms with Crippen LogP contribution in [0.15, 0.2) is 60.7 Å². The SMILES string of the molecule is CCCCCNC(=O)C(c1ccccc1)N(C(=O)C(Cc1ccccc1)NC(=O)OC(C)(C)C)C(C)C. The van der Waals surface area contributed by atoms with E-state index < -0.39 is 23.8 Å². The summed E-state index contributed by atoms with van der Waals surface area (Å²) in [7, 11) is 0. The highest BCUT2D eigenvalue weighted by molar-refractivity contribution is 5.92. The maximum absolute atomic E-state index is 14.2. The van der Waals surface area contributed by atoms with Crippen molar-refractivity contribution >= 4 is 17.9 Å². The average Bonchev–Trinajstić information content (AvgIpc) is 2.84.